The van der Waals surface area contributed by atoms with Crippen molar-refractivity contribution in [3.63, 3.8) is 0 Å². The summed E-state index contributed by atoms with van der Waals surface area (Å²) in [5.41, 5.74) is 1.84. The van der Waals surface area contributed by atoms with Gasteiger partial charge in [0.25, 0.3) is 5.91 Å². The third-order valence-electron chi connectivity index (χ3n) is 4.63. The molecule has 2 amide bonds. The number of hydrogen-bond donors (Lipinski definition) is 1. The van der Waals surface area contributed by atoms with Crippen LogP contribution < -0.4 is 10.2 Å². The third kappa shape index (κ3) is 5.08. The summed E-state index contributed by atoms with van der Waals surface area (Å²) in [6, 6.07) is 9.36. The summed E-state index contributed by atoms with van der Waals surface area (Å²) in [7, 11) is 0. The maximum Gasteiger partial charge on any atom is 0.281 e. The van der Waals surface area contributed by atoms with Crippen LogP contribution in [0.2, 0.25) is 5.02 Å². The Morgan fingerprint density at radius 2 is 1.81 bits per heavy atom. The highest BCUT2D eigenvalue weighted by atomic mass is 35.5. The number of anilines is 1. The van der Waals surface area contributed by atoms with Crippen LogP contribution >= 0.6 is 23.1 Å². The fourth-order valence-electron chi connectivity index (χ4n) is 3.08. The second-order valence-electron chi connectivity index (χ2n) is 7.40. The van der Waals surface area contributed by atoms with Gasteiger partial charge in [-0.05, 0) is 74.6 Å². The number of aryl methyl sites for hydroxylation is 2. The van der Waals surface area contributed by atoms with Crippen LogP contribution in [-0.2, 0) is 4.79 Å². The topological polar surface area (TPSA) is 75.2 Å². The lowest BCUT2D eigenvalue weighted by molar-refractivity contribution is -0.123. The molecule has 0 saturated carbocycles. The average Bonchev–Trinajstić information content (AvgIpc) is 3.14. The van der Waals surface area contributed by atoms with Crippen molar-refractivity contribution in [3.05, 3.63) is 75.0 Å². The molecule has 0 radical (unpaired) electrons. The number of carbonyl (C=O) groups excluding carboxylic acids is 2. The van der Waals surface area contributed by atoms with Crippen LogP contribution in [0, 0.1) is 19.7 Å². The molecule has 0 aliphatic carbocycles. The number of rotatable bonds is 6. The summed E-state index contributed by atoms with van der Waals surface area (Å²) >= 11 is 7.43. The minimum atomic E-state index is -1.07. The molecule has 0 spiro atoms. The van der Waals surface area contributed by atoms with Crippen LogP contribution in [0.25, 0.3) is 0 Å². The number of carbonyl (C=O) groups is 2. The minimum Gasteiger partial charge on any atom is -0.352 e. The van der Waals surface area contributed by atoms with E-state index < -0.39 is 23.7 Å². The van der Waals surface area contributed by atoms with E-state index >= 15 is 0 Å². The molecule has 1 heterocycles. The van der Waals surface area contributed by atoms with Gasteiger partial charge in [-0.3, -0.25) is 14.5 Å². The van der Waals surface area contributed by atoms with Crippen molar-refractivity contribution in [2.24, 2.45) is 0 Å². The van der Waals surface area contributed by atoms with E-state index in [4.69, 9.17) is 11.6 Å². The van der Waals surface area contributed by atoms with Crippen molar-refractivity contribution in [2.45, 2.75) is 39.8 Å². The van der Waals surface area contributed by atoms with Crippen LogP contribution in [0.3, 0.4) is 0 Å². The molecular weight excluding hydrogens is 439 g/mol. The number of benzene rings is 2. The molecule has 0 aliphatic heterocycles. The van der Waals surface area contributed by atoms with Crippen molar-refractivity contribution < 1.29 is 14.0 Å². The fraction of sp³-hybridized carbons (Fsp3) is 0.273. The van der Waals surface area contributed by atoms with Gasteiger partial charge in [-0.2, -0.15) is 0 Å². The maximum atomic E-state index is 13.6. The molecule has 1 N–H and O–H groups in total. The molecule has 1 aromatic heterocycles. The van der Waals surface area contributed by atoms with Crippen molar-refractivity contribution in [3.8, 4) is 0 Å². The van der Waals surface area contributed by atoms with Crippen molar-refractivity contribution in [1.29, 1.82) is 0 Å². The second kappa shape index (κ2) is 9.53. The van der Waals surface area contributed by atoms with Crippen molar-refractivity contribution in [1.82, 2.24) is 14.9 Å². The molecule has 0 bridgehead atoms. The van der Waals surface area contributed by atoms with E-state index in [1.807, 2.05) is 20.8 Å². The molecule has 6 nitrogen and oxygen atoms in total. The Labute approximate surface area is 189 Å². The van der Waals surface area contributed by atoms with E-state index in [1.54, 1.807) is 25.1 Å². The smallest absolute Gasteiger partial charge is 0.281 e. The number of nitrogens with zero attached hydrogens (tertiary/aromatic N) is 3. The van der Waals surface area contributed by atoms with Gasteiger partial charge in [0.1, 0.15) is 11.9 Å². The zero-order valence-electron chi connectivity index (χ0n) is 17.5. The van der Waals surface area contributed by atoms with E-state index in [2.05, 4.69) is 14.9 Å². The number of halogens is 2. The minimum absolute atomic E-state index is 0.145. The van der Waals surface area contributed by atoms with Gasteiger partial charge in [0.2, 0.25) is 5.91 Å². The molecule has 0 saturated heterocycles. The van der Waals surface area contributed by atoms with Gasteiger partial charge in [-0.25, -0.2) is 4.39 Å². The number of nitrogens with one attached hydrogen (secondary N) is 1. The first-order valence-electron chi connectivity index (χ1n) is 9.63. The molecule has 3 rings (SSSR count). The molecule has 1 atom stereocenters. The summed E-state index contributed by atoms with van der Waals surface area (Å²) in [5.74, 6) is -1.35. The van der Waals surface area contributed by atoms with E-state index in [1.165, 1.54) is 29.2 Å². The first kappa shape index (κ1) is 22.8. The van der Waals surface area contributed by atoms with Crippen molar-refractivity contribution >= 4 is 40.6 Å². The zero-order chi connectivity index (χ0) is 22.7. The molecular formula is C22H22ClFN4O2S. The molecule has 0 aliphatic rings. The summed E-state index contributed by atoms with van der Waals surface area (Å²) in [6.45, 7) is 7.22. The largest absolute Gasteiger partial charge is 0.352 e. The van der Waals surface area contributed by atoms with E-state index in [0.29, 0.717) is 21.2 Å². The van der Waals surface area contributed by atoms with E-state index in [0.717, 1.165) is 17.1 Å². The van der Waals surface area contributed by atoms with Crippen LogP contribution in [0.15, 0.2) is 42.5 Å². The molecule has 3 aromatic rings. The van der Waals surface area contributed by atoms with Gasteiger partial charge in [-0.15, -0.1) is 5.10 Å². The summed E-state index contributed by atoms with van der Waals surface area (Å²) in [6.07, 6.45) is 0. The highest BCUT2D eigenvalue weighted by Gasteiger charge is 2.35. The fourth-order valence-corrected chi connectivity index (χ4v) is 3.72. The molecule has 9 heteroatoms. The lowest BCUT2D eigenvalue weighted by Crippen LogP contribution is -2.46. The predicted octanol–water partition coefficient (Wildman–Crippen LogP) is 4.86. The van der Waals surface area contributed by atoms with Gasteiger partial charge in [0, 0.05) is 16.8 Å². The standard InChI is InChI=1S/C22H22ClFN4O2S/c1-12(2)25-21(29)20(15-6-8-16(24)9-7-15)28(17-10-5-13(3)18(23)11-17)22(30)19-14(4)31-27-26-19/h5-12,20H,1-4H3,(H,25,29). The Kier molecular flexibility index (Phi) is 7.02. The maximum absolute atomic E-state index is 13.6. The van der Waals surface area contributed by atoms with E-state index in [-0.39, 0.29) is 11.7 Å². The number of hydrogen-bond acceptors (Lipinski definition) is 5. The predicted molar refractivity (Wildman–Crippen MR) is 120 cm³/mol. The third-order valence-corrected chi connectivity index (χ3v) is 5.67. The normalized spacial score (nSPS) is 12.0. The highest BCUT2D eigenvalue weighted by Crippen LogP contribution is 2.33. The van der Waals surface area contributed by atoms with Crippen LogP contribution in [0.5, 0.6) is 0 Å². The highest BCUT2D eigenvalue weighted by molar-refractivity contribution is 7.05. The SMILES string of the molecule is Cc1ccc(N(C(=O)c2nnsc2C)C(C(=O)NC(C)C)c2ccc(F)cc2)cc1Cl. The Bertz CT molecular complexity index is 1100. The van der Waals surface area contributed by atoms with Gasteiger partial charge in [0.15, 0.2) is 5.69 Å². The molecule has 2 aromatic carbocycles. The summed E-state index contributed by atoms with van der Waals surface area (Å²) in [5, 5.41) is 7.27. The average molecular weight is 461 g/mol. The monoisotopic (exact) mass is 460 g/mol. The lowest BCUT2D eigenvalue weighted by atomic mass is 10.0. The lowest BCUT2D eigenvalue weighted by Gasteiger charge is -2.32. The van der Waals surface area contributed by atoms with Gasteiger partial charge in [-0.1, -0.05) is 34.3 Å². The van der Waals surface area contributed by atoms with Gasteiger partial charge in [0.05, 0.1) is 4.88 Å². The molecule has 0 fully saturated rings. The first-order chi connectivity index (χ1) is 14.7. The quantitative estimate of drug-likeness (QED) is 0.570. The molecule has 162 valence electrons. The molecule has 31 heavy (non-hydrogen) atoms. The summed E-state index contributed by atoms with van der Waals surface area (Å²) in [4.78, 5) is 28.9. The van der Waals surface area contributed by atoms with Gasteiger partial charge < -0.3 is 5.32 Å². The molecule has 1 unspecified atom stereocenters. The van der Waals surface area contributed by atoms with Crippen LogP contribution in [0.4, 0.5) is 10.1 Å². The summed E-state index contributed by atoms with van der Waals surface area (Å²) < 4.78 is 17.5. The van der Waals surface area contributed by atoms with Crippen LogP contribution in [-0.4, -0.2) is 27.4 Å². The van der Waals surface area contributed by atoms with Gasteiger partial charge >= 0.3 is 0 Å². The number of amides is 2. The Morgan fingerprint density at radius 1 is 1.13 bits per heavy atom. The zero-order valence-corrected chi connectivity index (χ0v) is 19.1. The van der Waals surface area contributed by atoms with E-state index in [9.17, 15) is 14.0 Å². The Hall–Kier alpha value is -2.84. The Balaban J connectivity index is 2.21. The second-order valence-corrected chi connectivity index (χ2v) is 8.77. The van der Waals surface area contributed by atoms with Crippen molar-refractivity contribution in [2.75, 3.05) is 4.90 Å². The van der Waals surface area contributed by atoms with Crippen LogP contribution in [0.1, 0.15) is 46.4 Å². The Morgan fingerprint density at radius 3 is 2.35 bits per heavy atom. The number of aromatic nitrogens is 2. The first-order valence-corrected chi connectivity index (χ1v) is 10.8.